The van der Waals surface area contributed by atoms with E-state index >= 15 is 0 Å². The molecule has 0 aromatic carbocycles. The predicted octanol–water partition coefficient (Wildman–Crippen LogP) is 4.09. The van der Waals surface area contributed by atoms with E-state index in [1.54, 1.807) is 0 Å². The highest BCUT2D eigenvalue weighted by Crippen LogP contribution is 2.32. The van der Waals surface area contributed by atoms with E-state index < -0.39 is 0 Å². The molecule has 0 aliphatic rings. The minimum absolute atomic E-state index is 0.0263. The third kappa shape index (κ3) is 5.46. The molecule has 1 heterocycles. The summed E-state index contributed by atoms with van der Waals surface area (Å²) in [7, 11) is 0. The van der Waals surface area contributed by atoms with Crippen molar-refractivity contribution in [1.82, 2.24) is 15.0 Å². The number of hydrogen-bond donors (Lipinski definition) is 2. The molecule has 0 amide bonds. The van der Waals surface area contributed by atoms with Gasteiger partial charge in [0, 0.05) is 5.41 Å². The van der Waals surface area contributed by atoms with Gasteiger partial charge in [-0.1, -0.05) is 70.7 Å². The highest BCUT2D eigenvalue weighted by Gasteiger charge is 2.26. The number of nitrogens with two attached hydrogens (primary N) is 1. The van der Waals surface area contributed by atoms with Crippen molar-refractivity contribution in [2.75, 3.05) is 0 Å². The monoisotopic (exact) mass is 298 g/mol. The van der Waals surface area contributed by atoms with Gasteiger partial charge in [-0.25, -0.2) is 0 Å². The zero-order chi connectivity index (χ0) is 15.0. The first-order valence-corrected chi connectivity index (χ1v) is 8.57. The summed E-state index contributed by atoms with van der Waals surface area (Å²) < 4.78 is 4.12. The predicted molar refractivity (Wildman–Crippen MR) is 86.7 cm³/mol. The quantitative estimate of drug-likeness (QED) is 0.409. The molecular formula is C15H30N4S. The van der Waals surface area contributed by atoms with E-state index in [0.717, 1.165) is 12.1 Å². The van der Waals surface area contributed by atoms with Crippen LogP contribution in [0.4, 0.5) is 0 Å². The van der Waals surface area contributed by atoms with Crippen molar-refractivity contribution in [3.05, 3.63) is 10.6 Å². The maximum absolute atomic E-state index is 5.74. The van der Waals surface area contributed by atoms with Gasteiger partial charge in [0.15, 0.2) is 0 Å². The Balaban J connectivity index is 2.48. The van der Waals surface area contributed by atoms with Gasteiger partial charge in [0.05, 0.1) is 16.6 Å². The molecule has 0 radical (unpaired) electrons. The van der Waals surface area contributed by atoms with Crippen molar-refractivity contribution >= 4 is 11.5 Å². The summed E-state index contributed by atoms with van der Waals surface area (Å²) in [5, 5.41) is 4.30. The number of nitrogens with zero attached hydrogens (tertiary/aromatic N) is 2. The van der Waals surface area contributed by atoms with E-state index in [0.29, 0.717) is 0 Å². The fourth-order valence-corrected chi connectivity index (χ4v) is 3.32. The second-order valence-corrected chi connectivity index (χ2v) is 7.30. The Labute approximate surface area is 127 Å². The minimum Gasteiger partial charge on any atom is -0.271 e. The summed E-state index contributed by atoms with van der Waals surface area (Å²) in [5.41, 5.74) is 4.06. The molecule has 1 aromatic heterocycles. The average molecular weight is 299 g/mol. The standard InChI is InChI=1S/C15H30N4S/c1-5-6-7-8-9-10-11-12(17-16)13-14(15(2,3)4)18-19-20-13/h12,17H,5-11,16H2,1-4H3. The van der Waals surface area contributed by atoms with Crippen LogP contribution in [0.2, 0.25) is 0 Å². The van der Waals surface area contributed by atoms with Crippen LogP contribution < -0.4 is 11.3 Å². The van der Waals surface area contributed by atoms with E-state index in [-0.39, 0.29) is 11.5 Å². The van der Waals surface area contributed by atoms with Gasteiger partial charge in [-0.2, -0.15) is 0 Å². The second kappa shape index (κ2) is 8.70. The van der Waals surface area contributed by atoms with Crippen molar-refractivity contribution in [3.63, 3.8) is 0 Å². The van der Waals surface area contributed by atoms with Gasteiger partial charge in [0.2, 0.25) is 0 Å². The molecule has 4 nitrogen and oxygen atoms in total. The number of hydrogen-bond acceptors (Lipinski definition) is 5. The summed E-state index contributed by atoms with van der Waals surface area (Å²) in [6.07, 6.45) is 8.90. The molecule has 1 unspecified atom stereocenters. The lowest BCUT2D eigenvalue weighted by Gasteiger charge is -2.21. The lowest BCUT2D eigenvalue weighted by molar-refractivity contribution is 0.467. The van der Waals surface area contributed by atoms with Gasteiger partial charge >= 0.3 is 0 Å². The normalized spacial score (nSPS) is 13.7. The van der Waals surface area contributed by atoms with E-state index in [9.17, 15) is 0 Å². The molecule has 0 aliphatic heterocycles. The molecule has 0 bridgehead atoms. The number of rotatable bonds is 9. The van der Waals surface area contributed by atoms with Crippen LogP contribution in [-0.4, -0.2) is 9.59 Å². The summed E-state index contributed by atoms with van der Waals surface area (Å²) in [6, 6.07) is 0.190. The van der Waals surface area contributed by atoms with Gasteiger partial charge in [-0.05, 0) is 18.0 Å². The van der Waals surface area contributed by atoms with Gasteiger partial charge in [0.1, 0.15) is 0 Å². The first kappa shape index (κ1) is 17.5. The third-order valence-corrected chi connectivity index (χ3v) is 4.43. The van der Waals surface area contributed by atoms with Crippen molar-refractivity contribution in [1.29, 1.82) is 0 Å². The number of nitrogens with one attached hydrogen (secondary N) is 1. The minimum atomic E-state index is 0.0263. The fraction of sp³-hybridized carbons (Fsp3) is 0.867. The van der Waals surface area contributed by atoms with E-state index in [1.807, 2.05) is 0 Å². The first-order valence-electron chi connectivity index (χ1n) is 7.79. The molecule has 0 aliphatic carbocycles. The Bertz CT molecular complexity index is 370. The van der Waals surface area contributed by atoms with Crippen molar-refractivity contribution in [2.45, 2.75) is 84.1 Å². The summed E-state index contributed by atoms with van der Waals surface area (Å²) in [6.45, 7) is 8.77. The zero-order valence-corrected chi connectivity index (χ0v) is 14.2. The molecule has 1 aromatic rings. The molecule has 1 atom stereocenters. The van der Waals surface area contributed by atoms with Crippen molar-refractivity contribution < 1.29 is 0 Å². The molecular weight excluding hydrogens is 268 g/mol. The highest BCUT2D eigenvalue weighted by molar-refractivity contribution is 7.05. The molecule has 1 rings (SSSR count). The zero-order valence-electron chi connectivity index (χ0n) is 13.4. The Morgan fingerprint density at radius 2 is 1.80 bits per heavy atom. The van der Waals surface area contributed by atoms with Gasteiger partial charge in [0.25, 0.3) is 0 Å². The molecule has 20 heavy (non-hydrogen) atoms. The lowest BCUT2D eigenvalue weighted by atomic mass is 9.89. The number of aromatic nitrogens is 2. The molecule has 5 heteroatoms. The molecule has 116 valence electrons. The van der Waals surface area contributed by atoms with E-state index in [1.165, 1.54) is 54.9 Å². The van der Waals surface area contributed by atoms with Crippen LogP contribution in [0, 0.1) is 0 Å². The molecule has 0 fully saturated rings. The maximum atomic E-state index is 5.74. The van der Waals surface area contributed by atoms with Crippen LogP contribution in [0.25, 0.3) is 0 Å². The van der Waals surface area contributed by atoms with E-state index in [2.05, 4.69) is 42.7 Å². The molecule has 0 spiro atoms. The topological polar surface area (TPSA) is 63.8 Å². The maximum Gasteiger partial charge on any atom is 0.0857 e. The SMILES string of the molecule is CCCCCCCCC(NN)c1snnc1C(C)(C)C. The van der Waals surface area contributed by atoms with Gasteiger partial charge < -0.3 is 0 Å². The van der Waals surface area contributed by atoms with Crippen LogP contribution in [0.3, 0.4) is 0 Å². The van der Waals surface area contributed by atoms with Crippen molar-refractivity contribution in [3.8, 4) is 0 Å². The Hall–Kier alpha value is -0.520. The van der Waals surface area contributed by atoms with Gasteiger partial charge in [-0.3, -0.25) is 11.3 Å². The van der Waals surface area contributed by atoms with Crippen LogP contribution in [0.15, 0.2) is 0 Å². The largest absolute Gasteiger partial charge is 0.271 e. The Morgan fingerprint density at radius 1 is 1.15 bits per heavy atom. The van der Waals surface area contributed by atoms with E-state index in [4.69, 9.17) is 5.84 Å². The smallest absolute Gasteiger partial charge is 0.0857 e. The van der Waals surface area contributed by atoms with Crippen LogP contribution >= 0.6 is 11.5 Å². The summed E-state index contributed by atoms with van der Waals surface area (Å²) in [5.74, 6) is 5.74. The highest BCUT2D eigenvalue weighted by atomic mass is 32.1. The second-order valence-electron chi connectivity index (χ2n) is 6.51. The van der Waals surface area contributed by atoms with Crippen molar-refractivity contribution in [2.24, 2.45) is 5.84 Å². The summed E-state index contributed by atoms with van der Waals surface area (Å²) in [4.78, 5) is 1.20. The summed E-state index contributed by atoms with van der Waals surface area (Å²) >= 11 is 1.48. The van der Waals surface area contributed by atoms with Crippen LogP contribution in [0.5, 0.6) is 0 Å². The number of hydrazine groups is 1. The van der Waals surface area contributed by atoms with Gasteiger partial charge in [-0.15, -0.1) is 5.10 Å². The Morgan fingerprint density at radius 3 is 2.40 bits per heavy atom. The average Bonchev–Trinajstić information content (AvgIpc) is 2.87. The fourth-order valence-electron chi connectivity index (χ4n) is 2.36. The number of unbranched alkanes of at least 4 members (excludes halogenated alkanes) is 5. The molecule has 3 N–H and O–H groups in total. The molecule has 0 saturated carbocycles. The first-order chi connectivity index (χ1) is 9.50. The Kier molecular flexibility index (Phi) is 7.62. The van der Waals surface area contributed by atoms with Crippen LogP contribution in [-0.2, 0) is 5.41 Å². The third-order valence-electron chi connectivity index (χ3n) is 3.59. The lowest BCUT2D eigenvalue weighted by Crippen LogP contribution is -2.29. The van der Waals surface area contributed by atoms with Crippen LogP contribution in [0.1, 0.15) is 89.3 Å². The molecule has 0 saturated heterocycles.